The van der Waals surface area contributed by atoms with E-state index in [4.69, 9.17) is 5.41 Å². The summed E-state index contributed by atoms with van der Waals surface area (Å²) in [5.41, 5.74) is 3.60. The van der Waals surface area contributed by atoms with Gasteiger partial charge in [0.25, 0.3) is 0 Å². The molecule has 1 aliphatic rings. The SMILES string of the molecule is CC(=N)c1ccc(CCC(=O)C2C=[N+](S(=O)(=O)c3ccccc3)c3ccccc32)cc1. The molecular weight excluding hydrogens is 408 g/mol. The predicted octanol–water partition coefficient (Wildman–Crippen LogP) is 4.48. The fraction of sp³-hybridized carbons (Fsp3) is 0.160. The molecule has 1 N–H and O–H groups in total. The van der Waals surface area contributed by atoms with Gasteiger partial charge in [0.1, 0.15) is 10.8 Å². The molecular formula is C25H23N2O3S+. The van der Waals surface area contributed by atoms with E-state index in [0.717, 1.165) is 11.1 Å². The second kappa shape index (κ2) is 8.40. The molecule has 1 heterocycles. The van der Waals surface area contributed by atoms with E-state index in [0.29, 0.717) is 29.8 Å². The zero-order valence-corrected chi connectivity index (χ0v) is 18.0. The van der Waals surface area contributed by atoms with Crippen molar-refractivity contribution < 1.29 is 17.2 Å². The van der Waals surface area contributed by atoms with Crippen LogP contribution in [0.25, 0.3) is 0 Å². The average molecular weight is 432 g/mol. The summed E-state index contributed by atoms with van der Waals surface area (Å²) < 4.78 is 27.6. The summed E-state index contributed by atoms with van der Waals surface area (Å²) >= 11 is 0. The highest BCUT2D eigenvalue weighted by Gasteiger charge is 2.41. The van der Waals surface area contributed by atoms with Crippen LogP contribution in [0.5, 0.6) is 0 Å². The lowest BCUT2D eigenvalue weighted by Crippen LogP contribution is -2.18. The molecule has 0 radical (unpaired) electrons. The van der Waals surface area contributed by atoms with Crippen LogP contribution in [0.1, 0.15) is 36.0 Å². The van der Waals surface area contributed by atoms with E-state index in [-0.39, 0.29) is 10.7 Å². The minimum atomic E-state index is -3.79. The minimum Gasteiger partial charge on any atom is -0.305 e. The quantitative estimate of drug-likeness (QED) is 0.443. The van der Waals surface area contributed by atoms with Crippen LogP contribution < -0.4 is 0 Å². The number of hydrogen-bond acceptors (Lipinski definition) is 4. The van der Waals surface area contributed by atoms with E-state index in [1.54, 1.807) is 49.4 Å². The highest BCUT2D eigenvalue weighted by Crippen LogP contribution is 2.36. The van der Waals surface area contributed by atoms with Gasteiger partial charge in [0.15, 0.2) is 12.0 Å². The van der Waals surface area contributed by atoms with Crippen molar-refractivity contribution in [3.63, 3.8) is 0 Å². The highest BCUT2D eigenvalue weighted by molar-refractivity contribution is 7.85. The van der Waals surface area contributed by atoms with Crippen LogP contribution in [0.4, 0.5) is 5.69 Å². The van der Waals surface area contributed by atoms with Crippen LogP contribution >= 0.6 is 0 Å². The summed E-state index contributed by atoms with van der Waals surface area (Å²) in [5.74, 6) is -0.622. The van der Waals surface area contributed by atoms with Crippen molar-refractivity contribution in [1.82, 2.24) is 0 Å². The van der Waals surface area contributed by atoms with Crippen molar-refractivity contribution in [3.8, 4) is 0 Å². The van der Waals surface area contributed by atoms with Crippen molar-refractivity contribution in [3.05, 3.63) is 95.6 Å². The summed E-state index contributed by atoms with van der Waals surface area (Å²) in [5, 5.41) is 7.68. The van der Waals surface area contributed by atoms with E-state index in [2.05, 4.69) is 0 Å². The van der Waals surface area contributed by atoms with Crippen LogP contribution in [0.3, 0.4) is 0 Å². The monoisotopic (exact) mass is 431 g/mol. The number of benzene rings is 3. The number of para-hydroxylation sites is 1. The Morgan fingerprint density at radius 3 is 2.26 bits per heavy atom. The van der Waals surface area contributed by atoms with Gasteiger partial charge in [-0.05, 0) is 36.6 Å². The number of sulfonamides is 1. The first kappa shape index (κ1) is 20.9. The van der Waals surface area contributed by atoms with Gasteiger partial charge in [-0.2, -0.15) is 8.42 Å². The van der Waals surface area contributed by atoms with Gasteiger partial charge in [0, 0.05) is 23.8 Å². The van der Waals surface area contributed by atoms with Gasteiger partial charge >= 0.3 is 10.0 Å². The van der Waals surface area contributed by atoms with Gasteiger partial charge in [-0.1, -0.05) is 64.6 Å². The molecule has 1 aliphatic heterocycles. The normalized spacial score (nSPS) is 15.3. The summed E-state index contributed by atoms with van der Waals surface area (Å²) in [4.78, 5) is 13.3. The molecule has 0 bridgehead atoms. The fourth-order valence-electron chi connectivity index (χ4n) is 3.76. The third kappa shape index (κ3) is 4.11. The maximum absolute atomic E-state index is 13.2. The van der Waals surface area contributed by atoms with Gasteiger partial charge < -0.3 is 5.41 Å². The van der Waals surface area contributed by atoms with E-state index in [9.17, 15) is 13.2 Å². The number of rotatable bonds is 7. The zero-order chi connectivity index (χ0) is 22.0. The van der Waals surface area contributed by atoms with Crippen molar-refractivity contribution in [2.45, 2.75) is 30.6 Å². The molecule has 0 fully saturated rings. The predicted molar refractivity (Wildman–Crippen MR) is 121 cm³/mol. The topological polar surface area (TPSA) is 78.1 Å². The van der Waals surface area contributed by atoms with Crippen molar-refractivity contribution in [1.29, 1.82) is 5.41 Å². The van der Waals surface area contributed by atoms with Crippen LogP contribution in [0, 0.1) is 5.41 Å². The molecule has 0 amide bonds. The van der Waals surface area contributed by atoms with Crippen LogP contribution in [-0.4, -0.2) is 30.1 Å². The average Bonchev–Trinajstić information content (AvgIpc) is 3.19. The molecule has 6 heteroatoms. The Morgan fingerprint density at radius 1 is 0.935 bits per heavy atom. The summed E-state index contributed by atoms with van der Waals surface area (Å²) in [6.07, 6.45) is 2.39. The smallest absolute Gasteiger partial charge is 0.305 e. The fourth-order valence-corrected chi connectivity index (χ4v) is 5.20. The maximum atomic E-state index is 13.2. The number of carbonyl (C=O) groups is 1. The Kier molecular flexibility index (Phi) is 5.65. The molecule has 3 aromatic rings. The first-order valence-electron chi connectivity index (χ1n) is 10.1. The highest BCUT2D eigenvalue weighted by atomic mass is 32.2. The van der Waals surface area contributed by atoms with Gasteiger partial charge in [0.2, 0.25) is 5.69 Å². The first-order chi connectivity index (χ1) is 14.9. The molecule has 0 saturated heterocycles. The Bertz CT molecular complexity index is 1280. The molecule has 1 unspecified atom stereocenters. The second-order valence-electron chi connectivity index (χ2n) is 7.59. The van der Waals surface area contributed by atoms with E-state index < -0.39 is 15.9 Å². The number of fused-ring (bicyclic) bond motifs is 1. The molecule has 0 spiro atoms. The molecule has 0 saturated carbocycles. The van der Waals surface area contributed by atoms with Gasteiger partial charge in [-0.3, -0.25) is 4.79 Å². The standard InChI is InChI=1S/C25H23N2O3S/c1-18(26)20-14-11-19(12-15-20)13-16-25(28)23-17-27(24-10-6-5-9-22(23)24)31(29,30)21-7-3-2-4-8-21/h2-12,14-15,17,23,26H,13,16H2,1H3/q+1. The number of nitrogens with one attached hydrogen (secondary N) is 1. The zero-order valence-electron chi connectivity index (χ0n) is 17.2. The number of nitrogens with zero attached hydrogens (tertiary/aromatic N) is 1. The number of carbonyl (C=O) groups excluding carboxylic acids is 1. The van der Waals surface area contributed by atoms with Crippen molar-refractivity contribution in [2.75, 3.05) is 0 Å². The van der Waals surface area contributed by atoms with Gasteiger partial charge in [-0.15, -0.1) is 0 Å². The van der Waals surface area contributed by atoms with Crippen LogP contribution in [0.2, 0.25) is 0 Å². The maximum Gasteiger partial charge on any atom is 0.400 e. The molecule has 3 aromatic carbocycles. The second-order valence-corrected chi connectivity index (χ2v) is 9.40. The molecule has 0 aromatic heterocycles. The number of hydrogen-bond donors (Lipinski definition) is 1. The van der Waals surface area contributed by atoms with Gasteiger partial charge in [0.05, 0.1) is 0 Å². The lowest BCUT2D eigenvalue weighted by molar-refractivity contribution is -0.251. The van der Waals surface area contributed by atoms with Crippen molar-refractivity contribution >= 4 is 33.4 Å². The molecule has 4 rings (SSSR count). The first-order valence-corrected chi connectivity index (χ1v) is 11.5. The summed E-state index contributed by atoms with van der Waals surface area (Å²) in [6.45, 7) is 1.74. The Morgan fingerprint density at radius 2 is 1.58 bits per heavy atom. The van der Waals surface area contributed by atoms with Crippen LogP contribution in [0.15, 0.2) is 83.8 Å². The lowest BCUT2D eigenvalue weighted by atomic mass is 9.93. The Hall–Kier alpha value is -3.38. The van der Waals surface area contributed by atoms with Gasteiger partial charge in [-0.25, -0.2) is 0 Å². The van der Waals surface area contributed by atoms with Crippen LogP contribution in [-0.2, 0) is 21.2 Å². The number of aryl methyl sites for hydroxylation is 1. The molecule has 5 nitrogen and oxygen atoms in total. The molecule has 0 aliphatic carbocycles. The lowest BCUT2D eigenvalue weighted by Gasteiger charge is -2.06. The summed E-state index contributed by atoms with van der Waals surface area (Å²) in [6, 6.07) is 23.0. The van der Waals surface area contributed by atoms with E-state index in [1.165, 1.54) is 10.2 Å². The third-order valence-corrected chi connectivity index (χ3v) is 7.19. The molecule has 156 valence electrons. The summed E-state index contributed by atoms with van der Waals surface area (Å²) in [7, 11) is -3.79. The molecule has 31 heavy (non-hydrogen) atoms. The Labute approximate surface area is 182 Å². The Balaban J connectivity index is 1.59. The largest absolute Gasteiger partial charge is 0.400 e. The van der Waals surface area contributed by atoms with E-state index in [1.807, 2.05) is 36.4 Å². The third-order valence-electron chi connectivity index (χ3n) is 5.49. The molecule has 1 atom stereocenters. The number of ketones is 1. The van der Waals surface area contributed by atoms with E-state index >= 15 is 0 Å². The van der Waals surface area contributed by atoms with Crippen molar-refractivity contribution in [2.24, 2.45) is 0 Å². The number of Topliss-reactive ketones (excluding diaryl/α,β-unsaturated/α-hetero) is 1. The minimum absolute atomic E-state index is 0.0227.